The summed E-state index contributed by atoms with van der Waals surface area (Å²) >= 11 is 0. The van der Waals surface area contributed by atoms with Crippen LogP contribution in [-0.2, 0) is 19.1 Å². The van der Waals surface area contributed by atoms with Gasteiger partial charge in [0.25, 0.3) is 0 Å². The molecule has 0 aromatic heterocycles. The average molecular weight is 305 g/mol. The first-order valence-corrected chi connectivity index (χ1v) is 7.71. The van der Waals surface area contributed by atoms with Crippen molar-refractivity contribution in [2.45, 2.75) is 45.4 Å². The van der Waals surface area contributed by atoms with E-state index in [0.717, 1.165) is 5.56 Å². The predicted molar refractivity (Wildman–Crippen MR) is 82.1 cm³/mol. The molecule has 120 valence electrons. The van der Waals surface area contributed by atoms with Gasteiger partial charge in [-0.1, -0.05) is 30.3 Å². The maximum absolute atomic E-state index is 12.2. The standard InChI is InChI=1S/C17H23NO4/c1-4-21-16(19)13-10-14(17(20)22-11(2)3)18-15(13)12-8-6-5-7-9-12/h5-9,11,13-15,18H,4,10H2,1-3H3/t13-,14?,15-/m1/s1. The van der Waals surface area contributed by atoms with Crippen molar-refractivity contribution >= 4 is 11.9 Å². The molecule has 2 rings (SSSR count). The van der Waals surface area contributed by atoms with Crippen molar-refractivity contribution in [1.82, 2.24) is 5.32 Å². The number of hydrogen-bond acceptors (Lipinski definition) is 5. The minimum atomic E-state index is -0.484. The number of carbonyl (C=O) groups is 2. The first kappa shape index (κ1) is 16.5. The molecular formula is C17H23NO4. The molecule has 22 heavy (non-hydrogen) atoms. The second-order valence-corrected chi connectivity index (χ2v) is 5.69. The lowest BCUT2D eigenvalue weighted by atomic mass is 9.93. The maximum Gasteiger partial charge on any atom is 0.323 e. The van der Waals surface area contributed by atoms with E-state index in [1.807, 2.05) is 44.2 Å². The average Bonchev–Trinajstić information content (AvgIpc) is 2.93. The smallest absolute Gasteiger partial charge is 0.323 e. The van der Waals surface area contributed by atoms with Gasteiger partial charge < -0.3 is 9.47 Å². The zero-order valence-electron chi connectivity index (χ0n) is 13.2. The van der Waals surface area contributed by atoms with Crippen molar-refractivity contribution in [3.8, 4) is 0 Å². The highest BCUT2D eigenvalue weighted by molar-refractivity contribution is 5.80. The van der Waals surface area contributed by atoms with Gasteiger partial charge in [0.05, 0.1) is 18.6 Å². The van der Waals surface area contributed by atoms with Crippen LogP contribution in [0.4, 0.5) is 0 Å². The highest BCUT2D eigenvalue weighted by atomic mass is 16.5. The molecule has 1 N–H and O–H groups in total. The number of benzene rings is 1. The van der Waals surface area contributed by atoms with E-state index in [9.17, 15) is 9.59 Å². The zero-order valence-corrected chi connectivity index (χ0v) is 13.2. The topological polar surface area (TPSA) is 64.6 Å². The van der Waals surface area contributed by atoms with Gasteiger partial charge in [0.2, 0.25) is 0 Å². The van der Waals surface area contributed by atoms with Crippen LogP contribution < -0.4 is 5.32 Å². The number of rotatable bonds is 5. The molecule has 1 saturated heterocycles. The molecule has 0 radical (unpaired) electrons. The highest BCUT2D eigenvalue weighted by Gasteiger charge is 2.43. The molecule has 1 aliphatic rings. The van der Waals surface area contributed by atoms with E-state index >= 15 is 0 Å². The van der Waals surface area contributed by atoms with Gasteiger partial charge in [0.1, 0.15) is 6.04 Å². The van der Waals surface area contributed by atoms with E-state index in [2.05, 4.69) is 5.32 Å². The highest BCUT2D eigenvalue weighted by Crippen LogP contribution is 2.34. The molecule has 1 aromatic carbocycles. The summed E-state index contributed by atoms with van der Waals surface area (Å²) in [6, 6.07) is 8.92. The summed E-state index contributed by atoms with van der Waals surface area (Å²) in [6.45, 7) is 5.73. The molecule has 0 spiro atoms. The van der Waals surface area contributed by atoms with Crippen molar-refractivity contribution in [1.29, 1.82) is 0 Å². The quantitative estimate of drug-likeness (QED) is 0.845. The minimum absolute atomic E-state index is 0.175. The van der Waals surface area contributed by atoms with E-state index in [-0.39, 0.29) is 30.0 Å². The first-order valence-electron chi connectivity index (χ1n) is 7.71. The Morgan fingerprint density at radius 3 is 2.50 bits per heavy atom. The lowest BCUT2D eigenvalue weighted by Gasteiger charge is -2.18. The lowest BCUT2D eigenvalue weighted by molar-refractivity contribution is -0.150. The third-order valence-corrected chi connectivity index (χ3v) is 3.66. The van der Waals surface area contributed by atoms with Gasteiger partial charge in [-0.2, -0.15) is 0 Å². The summed E-state index contributed by atoms with van der Waals surface area (Å²) in [5.74, 6) is -0.974. The second kappa shape index (κ2) is 7.40. The predicted octanol–water partition coefficient (Wildman–Crippen LogP) is 2.22. The van der Waals surface area contributed by atoms with Gasteiger partial charge in [-0.05, 0) is 32.8 Å². The Labute approximate surface area is 131 Å². The number of carbonyl (C=O) groups excluding carboxylic acids is 2. The van der Waals surface area contributed by atoms with Crippen LogP contribution >= 0.6 is 0 Å². The van der Waals surface area contributed by atoms with Crippen LogP contribution in [0, 0.1) is 5.92 Å². The fourth-order valence-corrected chi connectivity index (χ4v) is 2.74. The Morgan fingerprint density at radius 1 is 1.23 bits per heavy atom. The van der Waals surface area contributed by atoms with Gasteiger partial charge in [-0.3, -0.25) is 14.9 Å². The van der Waals surface area contributed by atoms with Crippen LogP contribution in [0.25, 0.3) is 0 Å². The Morgan fingerprint density at radius 2 is 1.91 bits per heavy atom. The summed E-state index contributed by atoms with van der Waals surface area (Å²) in [5, 5.41) is 3.23. The third kappa shape index (κ3) is 3.85. The molecule has 1 aromatic rings. The summed E-state index contributed by atoms with van der Waals surface area (Å²) < 4.78 is 10.4. The number of esters is 2. The van der Waals surface area contributed by atoms with Crippen LogP contribution in [0.5, 0.6) is 0 Å². The van der Waals surface area contributed by atoms with Crippen LogP contribution in [0.15, 0.2) is 30.3 Å². The second-order valence-electron chi connectivity index (χ2n) is 5.69. The summed E-state index contributed by atoms with van der Waals surface area (Å²) in [6.07, 6.45) is 0.218. The molecular weight excluding hydrogens is 282 g/mol. The maximum atomic E-state index is 12.2. The number of ether oxygens (including phenoxy) is 2. The van der Waals surface area contributed by atoms with Gasteiger partial charge in [-0.25, -0.2) is 0 Å². The Balaban J connectivity index is 2.17. The fourth-order valence-electron chi connectivity index (χ4n) is 2.74. The van der Waals surface area contributed by atoms with Crippen LogP contribution in [-0.4, -0.2) is 30.7 Å². The van der Waals surface area contributed by atoms with Crippen LogP contribution in [0.1, 0.15) is 38.8 Å². The molecule has 5 heteroatoms. The van der Waals surface area contributed by atoms with Crippen molar-refractivity contribution in [2.24, 2.45) is 5.92 Å². The fraction of sp³-hybridized carbons (Fsp3) is 0.529. The molecule has 1 unspecified atom stereocenters. The molecule has 5 nitrogen and oxygen atoms in total. The summed E-state index contributed by atoms with van der Waals surface area (Å²) in [4.78, 5) is 24.3. The molecule has 0 amide bonds. The van der Waals surface area contributed by atoms with E-state index in [0.29, 0.717) is 13.0 Å². The number of nitrogens with one attached hydrogen (secondary N) is 1. The minimum Gasteiger partial charge on any atom is -0.466 e. The van der Waals surface area contributed by atoms with Gasteiger partial charge in [-0.15, -0.1) is 0 Å². The molecule has 1 heterocycles. The van der Waals surface area contributed by atoms with E-state index < -0.39 is 6.04 Å². The normalized spacial score (nSPS) is 24.3. The lowest BCUT2D eigenvalue weighted by Crippen LogP contribution is -2.35. The molecule has 1 aliphatic heterocycles. The first-order chi connectivity index (χ1) is 10.5. The van der Waals surface area contributed by atoms with Crippen molar-refractivity contribution in [3.05, 3.63) is 35.9 Å². The van der Waals surface area contributed by atoms with Gasteiger partial charge >= 0.3 is 11.9 Å². The van der Waals surface area contributed by atoms with Crippen molar-refractivity contribution < 1.29 is 19.1 Å². The van der Waals surface area contributed by atoms with Crippen LogP contribution in [0.2, 0.25) is 0 Å². The van der Waals surface area contributed by atoms with E-state index in [1.54, 1.807) is 6.92 Å². The molecule has 0 aliphatic carbocycles. The van der Waals surface area contributed by atoms with Crippen molar-refractivity contribution in [2.75, 3.05) is 6.61 Å². The molecule has 0 bridgehead atoms. The van der Waals surface area contributed by atoms with Crippen molar-refractivity contribution in [3.63, 3.8) is 0 Å². The molecule has 1 fully saturated rings. The molecule has 3 atom stereocenters. The molecule has 0 saturated carbocycles. The van der Waals surface area contributed by atoms with Gasteiger partial charge in [0.15, 0.2) is 0 Å². The zero-order chi connectivity index (χ0) is 16.1. The van der Waals surface area contributed by atoms with E-state index in [4.69, 9.17) is 9.47 Å². The summed E-state index contributed by atoms with van der Waals surface area (Å²) in [5.41, 5.74) is 0.973. The largest absolute Gasteiger partial charge is 0.466 e. The Kier molecular flexibility index (Phi) is 5.55. The van der Waals surface area contributed by atoms with Gasteiger partial charge in [0, 0.05) is 6.04 Å². The number of hydrogen-bond donors (Lipinski definition) is 1. The summed E-state index contributed by atoms with van der Waals surface area (Å²) in [7, 11) is 0. The SMILES string of the molecule is CCOC(=O)[C@@H]1CC(C(=O)OC(C)C)N[C@@H]1c1ccccc1. The van der Waals surface area contributed by atoms with Crippen LogP contribution in [0.3, 0.4) is 0 Å². The Bertz CT molecular complexity index is 515. The monoisotopic (exact) mass is 305 g/mol. The van der Waals surface area contributed by atoms with E-state index in [1.165, 1.54) is 0 Å². The third-order valence-electron chi connectivity index (χ3n) is 3.66. The Hall–Kier alpha value is -1.88.